The van der Waals surface area contributed by atoms with Crippen molar-refractivity contribution in [2.45, 2.75) is 6.92 Å². The van der Waals surface area contributed by atoms with Crippen molar-refractivity contribution in [2.75, 3.05) is 5.73 Å². The van der Waals surface area contributed by atoms with Crippen LogP contribution in [0.15, 0.2) is 18.2 Å². The van der Waals surface area contributed by atoms with E-state index in [1.807, 2.05) is 25.1 Å². The van der Waals surface area contributed by atoms with Crippen molar-refractivity contribution >= 4 is 17.5 Å². The summed E-state index contributed by atoms with van der Waals surface area (Å²) in [6.07, 6.45) is 0. The molecule has 0 spiro atoms. The fourth-order valence-electron chi connectivity index (χ4n) is 1.00. The van der Waals surface area contributed by atoms with Crippen molar-refractivity contribution in [1.82, 2.24) is 14.3 Å². The number of hydrogen-bond donors (Lipinski definition) is 1. The highest BCUT2D eigenvalue weighted by atomic mass is 32.1. The minimum Gasteiger partial charge on any atom is -0.367 e. The molecule has 0 saturated heterocycles. The van der Waals surface area contributed by atoms with Crippen molar-refractivity contribution in [3.63, 3.8) is 0 Å². The molecule has 0 bridgehead atoms. The summed E-state index contributed by atoms with van der Waals surface area (Å²) in [5, 5.41) is 0.765. The number of aryl methyl sites for hydroxylation is 1. The van der Waals surface area contributed by atoms with Crippen LogP contribution in [0.3, 0.4) is 0 Å². The summed E-state index contributed by atoms with van der Waals surface area (Å²) < 4.78 is 3.89. The Labute approximate surface area is 79.6 Å². The van der Waals surface area contributed by atoms with Crippen molar-refractivity contribution in [2.24, 2.45) is 0 Å². The number of nitrogens with zero attached hydrogens (tertiary/aromatic N) is 3. The summed E-state index contributed by atoms with van der Waals surface area (Å²) in [5.74, 6) is 0.309. The molecule has 2 aromatic heterocycles. The van der Waals surface area contributed by atoms with E-state index in [-0.39, 0.29) is 0 Å². The molecule has 2 aromatic rings. The maximum absolute atomic E-state index is 5.41. The molecule has 0 aliphatic heterocycles. The Kier molecular flexibility index (Phi) is 1.94. The lowest BCUT2D eigenvalue weighted by Gasteiger charge is -1.94. The Balaban J connectivity index is 2.46. The van der Waals surface area contributed by atoms with Gasteiger partial charge in [0.2, 0.25) is 5.95 Å². The van der Waals surface area contributed by atoms with Gasteiger partial charge in [0.15, 0.2) is 5.01 Å². The van der Waals surface area contributed by atoms with Gasteiger partial charge in [0.1, 0.15) is 5.69 Å². The van der Waals surface area contributed by atoms with Crippen LogP contribution in [0.2, 0.25) is 0 Å². The van der Waals surface area contributed by atoms with Crippen LogP contribution in [-0.4, -0.2) is 14.3 Å². The van der Waals surface area contributed by atoms with Crippen LogP contribution in [0.4, 0.5) is 5.95 Å². The van der Waals surface area contributed by atoms with E-state index in [2.05, 4.69) is 14.3 Å². The molecule has 0 radical (unpaired) electrons. The van der Waals surface area contributed by atoms with Gasteiger partial charge in [-0.15, -0.1) is 0 Å². The molecule has 0 aromatic carbocycles. The molecule has 4 nitrogen and oxygen atoms in total. The summed E-state index contributed by atoms with van der Waals surface area (Å²) in [6, 6.07) is 5.77. The first kappa shape index (κ1) is 8.12. The van der Waals surface area contributed by atoms with Gasteiger partial charge in [0.25, 0.3) is 0 Å². The second-order valence-electron chi connectivity index (χ2n) is 2.62. The number of aromatic nitrogens is 3. The summed E-state index contributed by atoms with van der Waals surface area (Å²) in [7, 11) is 0. The predicted molar refractivity (Wildman–Crippen MR) is 52.3 cm³/mol. The summed E-state index contributed by atoms with van der Waals surface area (Å²) in [6.45, 7) is 1.94. The SMILES string of the molecule is Cc1cccc(-c2nc(N)ns2)n1. The molecule has 0 unspecified atom stereocenters. The fraction of sp³-hybridized carbons (Fsp3) is 0.125. The van der Waals surface area contributed by atoms with E-state index in [1.54, 1.807) is 0 Å². The molecule has 0 atom stereocenters. The van der Waals surface area contributed by atoms with Crippen LogP contribution in [0.25, 0.3) is 10.7 Å². The maximum atomic E-state index is 5.41. The summed E-state index contributed by atoms with van der Waals surface area (Å²) in [4.78, 5) is 8.35. The van der Waals surface area contributed by atoms with Crippen molar-refractivity contribution in [3.8, 4) is 10.7 Å². The second kappa shape index (κ2) is 3.10. The minimum atomic E-state index is 0.309. The van der Waals surface area contributed by atoms with Gasteiger partial charge in [-0.1, -0.05) is 6.07 Å². The highest BCUT2D eigenvalue weighted by Gasteiger charge is 2.04. The van der Waals surface area contributed by atoms with E-state index >= 15 is 0 Å². The van der Waals surface area contributed by atoms with E-state index in [0.29, 0.717) is 5.95 Å². The van der Waals surface area contributed by atoms with Crippen LogP contribution >= 0.6 is 11.5 Å². The van der Waals surface area contributed by atoms with Gasteiger partial charge in [-0.2, -0.15) is 9.36 Å². The van der Waals surface area contributed by atoms with E-state index < -0.39 is 0 Å². The number of nitrogen functional groups attached to an aromatic ring is 1. The molecule has 5 heteroatoms. The quantitative estimate of drug-likeness (QED) is 0.743. The van der Waals surface area contributed by atoms with Crippen molar-refractivity contribution < 1.29 is 0 Å². The van der Waals surface area contributed by atoms with Gasteiger partial charge in [-0.25, -0.2) is 0 Å². The second-order valence-corrected chi connectivity index (χ2v) is 3.37. The highest BCUT2D eigenvalue weighted by molar-refractivity contribution is 7.09. The number of anilines is 1. The Bertz CT molecular complexity index is 424. The number of pyridine rings is 1. The molecule has 0 aliphatic carbocycles. The molecule has 0 aliphatic rings. The average molecular weight is 192 g/mol. The minimum absolute atomic E-state index is 0.309. The number of nitrogens with two attached hydrogens (primary N) is 1. The number of hydrogen-bond acceptors (Lipinski definition) is 5. The average Bonchev–Trinajstić information content (AvgIpc) is 2.52. The molecule has 66 valence electrons. The zero-order valence-electron chi connectivity index (χ0n) is 7.06. The lowest BCUT2D eigenvalue weighted by atomic mass is 10.3. The van der Waals surface area contributed by atoms with Gasteiger partial charge in [-0.05, 0) is 30.6 Å². The monoisotopic (exact) mass is 192 g/mol. The lowest BCUT2D eigenvalue weighted by molar-refractivity contribution is 1.19. The fourth-order valence-corrected chi connectivity index (χ4v) is 1.56. The molecule has 2 N–H and O–H groups in total. The van der Waals surface area contributed by atoms with E-state index in [4.69, 9.17) is 5.73 Å². The molecular formula is C8H8N4S. The molecule has 0 fully saturated rings. The molecule has 2 rings (SSSR count). The van der Waals surface area contributed by atoms with Crippen LogP contribution < -0.4 is 5.73 Å². The topological polar surface area (TPSA) is 64.7 Å². The summed E-state index contributed by atoms with van der Waals surface area (Å²) >= 11 is 1.26. The van der Waals surface area contributed by atoms with Crippen molar-refractivity contribution in [1.29, 1.82) is 0 Å². The molecule has 13 heavy (non-hydrogen) atoms. The largest absolute Gasteiger partial charge is 0.367 e. The normalized spacial score (nSPS) is 10.2. The summed E-state index contributed by atoms with van der Waals surface area (Å²) in [5.41, 5.74) is 7.21. The van der Waals surface area contributed by atoms with Crippen LogP contribution in [0, 0.1) is 6.92 Å². The third-order valence-electron chi connectivity index (χ3n) is 1.55. The molecular weight excluding hydrogens is 184 g/mol. The molecule has 2 heterocycles. The van der Waals surface area contributed by atoms with Gasteiger partial charge in [-0.3, -0.25) is 4.98 Å². The lowest BCUT2D eigenvalue weighted by Crippen LogP contribution is -1.88. The first-order chi connectivity index (χ1) is 6.25. The third kappa shape index (κ3) is 1.65. The van der Waals surface area contributed by atoms with Gasteiger partial charge in [0.05, 0.1) is 0 Å². The Morgan fingerprint density at radius 3 is 2.77 bits per heavy atom. The van der Waals surface area contributed by atoms with Gasteiger partial charge >= 0.3 is 0 Å². The Morgan fingerprint density at radius 1 is 1.31 bits per heavy atom. The van der Waals surface area contributed by atoms with Crippen LogP contribution in [-0.2, 0) is 0 Å². The van der Waals surface area contributed by atoms with Gasteiger partial charge < -0.3 is 5.73 Å². The predicted octanol–water partition coefficient (Wildman–Crippen LogP) is 1.49. The Hall–Kier alpha value is -1.49. The zero-order chi connectivity index (χ0) is 9.26. The van der Waals surface area contributed by atoms with Crippen molar-refractivity contribution in [3.05, 3.63) is 23.9 Å². The first-order valence-electron chi connectivity index (χ1n) is 3.79. The standard InChI is InChI=1S/C8H8N4S/c1-5-3-2-4-6(10-5)7-11-8(9)12-13-7/h2-4H,1H3,(H2,9,12). The van der Waals surface area contributed by atoms with E-state index in [1.165, 1.54) is 11.5 Å². The van der Waals surface area contributed by atoms with E-state index in [0.717, 1.165) is 16.4 Å². The molecule has 0 amide bonds. The molecule has 0 saturated carbocycles. The maximum Gasteiger partial charge on any atom is 0.232 e. The number of rotatable bonds is 1. The Morgan fingerprint density at radius 2 is 2.15 bits per heavy atom. The first-order valence-corrected chi connectivity index (χ1v) is 4.56. The third-order valence-corrected chi connectivity index (χ3v) is 2.30. The van der Waals surface area contributed by atoms with E-state index in [9.17, 15) is 0 Å². The van der Waals surface area contributed by atoms with Gasteiger partial charge in [0, 0.05) is 5.69 Å². The van der Waals surface area contributed by atoms with Crippen LogP contribution in [0.5, 0.6) is 0 Å². The smallest absolute Gasteiger partial charge is 0.232 e. The zero-order valence-corrected chi connectivity index (χ0v) is 7.88. The highest BCUT2D eigenvalue weighted by Crippen LogP contribution is 2.19. The van der Waals surface area contributed by atoms with Crippen LogP contribution in [0.1, 0.15) is 5.69 Å².